The topological polar surface area (TPSA) is 30.7 Å². The smallest absolute Gasteiger partial charge is 0.0960 e. The predicted molar refractivity (Wildman–Crippen MR) is 70.7 cm³/mol. The van der Waals surface area contributed by atoms with Gasteiger partial charge >= 0.3 is 0 Å². The highest BCUT2D eigenvalue weighted by Crippen LogP contribution is 2.18. The van der Waals surface area contributed by atoms with Gasteiger partial charge in [0.05, 0.1) is 10.5 Å². The third-order valence-electron chi connectivity index (χ3n) is 2.70. The first kappa shape index (κ1) is 13.7. The second-order valence-electron chi connectivity index (χ2n) is 4.29. The van der Waals surface area contributed by atoms with Gasteiger partial charge in [-0.2, -0.15) is 0 Å². The van der Waals surface area contributed by atoms with Gasteiger partial charge in [-0.3, -0.25) is 4.68 Å². The molecular weight excluding hydrogens is 266 g/mol. The van der Waals surface area contributed by atoms with E-state index < -0.39 is 0 Å². The Balaban J connectivity index is 2.12. The van der Waals surface area contributed by atoms with E-state index in [2.05, 4.69) is 40.1 Å². The summed E-state index contributed by atoms with van der Waals surface area (Å²) in [5.74, 6) is 0. The van der Waals surface area contributed by atoms with Crippen LogP contribution in [0.15, 0.2) is 6.20 Å². The van der Waals surface area contributed by atoms with Crippen molar-refractivity contribution in [2.75, 3.05) is 0 Å². The van der Waals surface area contributed by atoms with E-state index in [-0.39, 0.29) is 0 Å². The molecule has 0 aliphatic heterocycles. The minimum absolute atomic E-state index is 0.297. The van der Waals surface area contributed by atoms with Crippen molar-refractivity contribution in [3.63, 3.8) is 0 Å². The molecule has 1 unspecified atom stereocenters. The fourth-order valence-electron chi connectivity index (χ4n) is 1.66. The number of aromatic nitrogens is 3. The summed E-state index contributed by atoms with van der Waals surface area (Å²) in [4.78, 5) is 0.297. The van der Waals surface area contributed by atoms with Gasteiger partial charge in [0, 0.05) is 12.7 Å². The number of hydrogen-bond acceptors (Lipinski definition) is 2. The van der Waals surface area contributed by atoms with Gasteiger partial charge in [0.1, 0.15) is 0 Å². The van der Waals surface area contributed by atoms with Crippen molar-refractivity contribution in [3.8, 4) is 0 Å². The normalized spacial score (nSPS) is 12.9. The molecule has 1 rings (SSSR count). The van der Waals surface area contributed by atoms with Crippen LogP contribution in [0.3, 0.4) is 0 Å². The molecule has 92 valence electrons. The molecule has 0 N–H and O–H groups in total. The van der Waals surface area contributed by atoms with Crippen LogP contribution in [0, 0.1) is 0 Å². The van der Waals surface area contributed by atoms with Crippen molar-refractivity contribution in [1.82, 2.24) is 15.0 Å². The molecule has 1 aromatic heterocycles. The van der Waals surface area contributed by atoms with Gasteiger partial charge < -0.3 is 0 Å². The lowest BCUT2D eigenvalue weighted by Gasteiger charge is -2.00. The van der Waals surface area contributed by atoms with Gasteiger partial charge in [0.2, 0.25) is 0 Å². The fourth-order valence-corrected chi connectivity index (χ4v) is 1.87. The summed E-state index contributed by atoms with van der Waals surface area (Å²) in [6, 6.07) is 0. The third-order valence-corrected chi connectivity index (χ3v) is 3.17. The second kappa shape index (κ2) is 7.82. The van der Waals surface area contributed by atoms with Crippen LogP contribution in [-0.2, 0) is 6.54 Å². The maximum Gasteiger partial charge on any atom is 0.0960 e. The molecule has 0 aromatic carbocycles. The number of halogens is 1. The lowest BCUT2D eigenvalue weighted by molar-refractivity contribution is 0.516. The summed E-state index contributed by atoms with van der Waals surface area (Å²) < 4.78 is 1.95. The lowest BCUT2D eigenvalue weighted by Crippen LogP contribution is -1.98. The summed E-state index contributed by atoms with van der Waals surface area (Å²) in [6.45, 7) is 5.32. The zero-order valence-electron chi connectivity index (χ0n) is 10.3. The Kier molecular flexibility index (Phi) is 6.69. The number of alkyl halides is 1. The van der Waals surface area contributed by atoms with E-state index in [9.17, 15) is 0 Å². The number of nitrogens with zero attached hydrogens (tertiary/aromatic N) is 3. The van der Waals surface area contributed by atoms with Crippen LogP contribution in [0.1, 0.15) is 62.9 Å². The summed E-state index contributed by atoms with van der Waals surface area (Å²) >= 11 is 3.49. The summed E-state index contributed by atoms with van der Waals surface area (Å²) in [7, 11) is 0. The molecule has 0 aliphatic rings. The highest BCUT2D eigenvalue weighted by molar-refractivity contribution is 9.09. The molecule has 0 radical (unpaired) electrons. The molecule has 0 spiro atoms. The van der Waals surface area contributed by atoms with Gasteiger partial charge in [0.15, 0.2) is 0 Å². The minimum atomic E-state index is 0.297. The molecule has 0 fully saturated rings. The molecule has 0 bridgehead atoms. The lowest BCUT2D eigenvalue weighted by atomic mass is 10.1. The van der Waals surface area contributed by atoms with Gasteiger partial charge in [-0.1, -0.05) is 60.2 Å². The second-order valence-corrected chi connectivity index (χ2v) is 5.66. The molecule has 1 atom stereocenters. The molecule has 0 aliphatic carbocycles. The maximum atomic E-state index is 4.11. The van der Waals surface area contributed by atoms with Crippen molar-refractivity contribution in [1.29, 1.82) is 0 Å². The standard InChI is InChI=1S/C12H22BrN3/c1-3-4-5-6-7-8-9-16-10-12(11(2)13)14-15-16/h10-11H,3-9H2,1-2H3. The average molecular weight is 288 g/mol. The van der Waals surface area contributed by atoms with E-state index in [0.29, 0.717) is 4.83 Å². The molecular formula is C12H22BrN3. The van der Waals surface area contributed by atoms with E-state index in [1.165, 1.54) is 38.5 Å². The molecule has 0 saturated carbocycles. The Morgan fingerprint density at radius 3 is 2.56 bits per heavy atom. The van der Waals surface area contributed by atoms with E-state index >= 15 is 0 Å². The van der Waals surface area contributed by atoms with Crippen LogP contribution in [0.2, 0.25) is 0 Å². The van der Waals surface area contributed by atoms with Crippen LogP contribution in [0.25, 0.3) is 0 Å². The average Bonchev–Trinajstić information content (AvgIpc) is 2.72. The molecule has 0 saturated heterocycles. The van der Waals surface area contributed by atoms with Gasteiger partial charge in [-0.25, -0.2) is 0 Å². The highest BCUT2D eigenvalue weighted by Gasteiger charge is 2.05. The predicted octanol–water partition coefficient (Wildman–Crippen LogP) is 4.09. The van der Waals surface area contributed by atoms with E-state index in [1.807, 2.05) is 10.9 Å². The Hall–Kier alpha value is -0.380. The fraction of sp³-hybridized carbons (Fsp3) is 0.833. The Morgan fingerprint density at radius 2 is 1.94 bits per heavy atom. The number of hydrogen-bond donors (Lipinski definition) is 0. The molecule has 16 heavy (non-hydrogen) atoms. The van der Waals surface area contributed by atoms with Gasteiger partial charge in [-0.15, -0.1) is 5.10 Å². The maximum absolute atomic E-state index is 4.11. The van der Waals surface area contributed by atoms with Gasteiger partial charge in [-0.05, 0) is 13.3 Å². The molecule has 0 amide bonds. The van der Waals surface area contributed by atoms with E-state index in [4.69, 9.17) is 0 Å². The number of rotatable bonds is 8. The van der Waals surface area contributed by atoms with E-state index in [1.54, 1.807) is 0 Å². The molecule has 1 aromatic rings. The van der Waals surface area contributed by atoms with Crippen LogP contribution in [0.4, 0.5) is 0 Å². The highest BCUT2D eigenvalue weighted by atomic mass is 79.9. The first-order valence-electron chi connectivity index (χ1n) is 6.28. The van der Waals surface area contributed by atoms with E-state index in [0.717, 1.165) is 12.2 Å². The number of unbranched alkanes of at least 4 members (excludes halogenated alkanes) is 5. The van der Waals surface area contributed by atoms with Crippen molar-refractivity contribution in [2.24, 2.45) is 0 Å². The zero-order chi connectivity index (χ0) is 11.8. The Labute approximate surface area is 107 Å². The third kappa shape index (κ3) is 5.10. The largest absolute Gasteiger partial charge is 0.252 e. The number of aryl methyl sites for hydroxylation is 1. The Morgan fingerprint density at radius 1 is 1.25 bits per heavy atom. The van der Waals surface area contributed by atoms with Crippen LogP contribution < -0.4 is 0 Å². The van der Waals surface area contributed by atoms with Crippen molar-refractivity contribution < 1.29 is 0 Å². The SMILES string of the molecule is CCCCCCCCn1cc(C(C)Br)nn1. The Bertz CT molecular complexity index is 284. The van der Waals surface area contributed by atoms with Crippen molar-refractivity contribution in [2.45, 2.75) is 63.7 Å². The summed E-state index contributed by atoms with van der Waals surface area (Å²) in [6.07, 6.45) is 9.96. The van der Waals surface area contributed by atoms with Crippen molar-refractivity contribution >= 4 is 15.9 Å². The first-order chi connectivity index (χ1) is 7.74. The summed E-state index contributed by atoms with van der Waals surface area (Å²) in [5.41, 5.74) is 1.02. The monoisotopic (exact) mass is 287 g/mol. The first-order valence-corrected chi connectivity index (χ1v) is 7.19. The van der Waals surface area contributed by atoms with Crippen LogP contribution >= 0.6 is 15.9 Å². The van der Waals surface area contributed by atoms with Crippen molar-refractivity contribution in [3.05, 3.63) is 11.9 Å². The van der Waals surface area contributed by atoms with Crippen LogP contribution in [-0.4, -0.2) is 15.0 Å². The molecule has 4 heteroatoms. The quantitative estimate of drug-likeness (QED) is 0.532. The molecule has 3 nitrogen and oxygen atoms in total. The van der Waals surface area contributed by atoms with Crippen LogP contribution in [0.5, 0.6) is 0 Å². The summed E-state index contributed by atoms with van der Waals surface area (Å²) in [5, 5.41) is 8.22. The zero-order valence-corrected chi connectivity index (χ0v) is 11.9. The van der Waals surface area contributed by atoms with Gasteiger partial charge in [0.25, 0.3) is 0 Å². The minimum Gasteiger partial charge on any atom is -0.252 e. The molecule has 1 heterocycles.